The molecule has 0 saturated heterocycles. The Bertz CT molecular complexity index is 926. The molecule has 0 fully saturated rings. The average molecular weight is 379 g/mol. The molecular weight excluding hydrogens is 360 g/mol. The molecule has 0 heterocycles. The molecule has 2 N–H and O–H groups in total. The number of carbonyl (C=O) groups excluding carboxylic acids is 1. The normalized spacial score (nSPS) is 13.8. The van der Waals surface area contributed by atoms with Crippen molar-refractivity contribution < 1.29 is 13.2 Å². The summed E-state index contributed by atoms with van der Waals surface area (Å²) in [6.45, 7) is 1.38. The molecule has 0 radical (unpaired) electrons. The molecule has 5 nitrogen and oxygen atoms in total. The number of hydrogen-bond acceptors (Lipinski definition) is 3. The van der Waals surface area contributed by atoms with Crippen LogP contribution < -0.4 is 10.0 Å². The van der Waals surface area contributed by atoms with E-state index in [1.165, 1.54) is 18.6 Å². The van der Waals surface area contributed by atoms with Crippen LogP contribution in [0, 0.1) is 0 Å². The van der Waals surface area contributed by atoms with Crippen molar-refractivity contribution in [2.24, 2.45) is 0 Å². The fourth-order valence-electron chi connectivity index (χ4n) is 2.96. The highest BCUT2D eigenvalue weighted by molar-refractivity contribution is 7.92. The topological polar surface area (TPSA) is 75.3 Å². The molecule has 2 aromatic rings. The number of rotatable bonds is 4. The SMILES string of the molecule is CC(=O)Nc1ccc(NS(=O)(=O)c2ccc3c(c2)CCCC3)cc1Cl. The lowest BCUT2D eigenvalue weighted by Crippen LogP contribution is -2.14. The molecule has 0 aliphatic heterocycles. The van der Waals surface area contributed by atoms with Crippen LogP contribution in [0.2, 0.25) is 5.02 Å². The second-order valence-electron chi connectivity index (χ2n) is 6.12. The number of halogens is 1. The second-order valence-corrected chi connectivity index (χ2v) is 8.21. The van der Waals surface area contributed by atoms with Crippen molar-refractivity contribution in [3.8, 4) is 0 Å². The van der Waals surface area contributed by atoms with E-state index in [-0.39, 0.29) is 15.8 Å². The van der Waals surface area contributed by atoms with Crippen molar-refractivity contribution in [1.82, 2.24) is 0 Å². The van der Waals surface area contributed by atoms with Crippen LogP contribution in [0.25, 0.3) is 0 Å². The van der Waals surface area contributed by atoms with E-state index in [9.17, 15) is 13.2 Å². The lowest BCUT2D eigenvalue weighted by molar-refractivity contribution is -0.114. The van der Waals surface area contributed by atoms with Gasteiger partial charge in [0.15, 0.2) is 0 Å². The number of aryl methyl sites for hydroxylation is 2. The summed E-state index contributed by atoms with van der Waals surface area (Å²) < 4.78 is 27.8. The zero-order valence-electron chi connectivity index (χ0n) is 13.8. The molecule has 2 aromatic carbocycles. The van der Waals surface area contributed by atoms with Gasteiger partial charge in [-0.05, 0) is 67.1 Å². The molecule has 1 aliphatic rings. The number of carbonyl (C=O) groups is 1. The Kier molecular flexibility index (Phi) is 5.01. The molecular formula is C18H19ClN2O3S. The minimum atomic E-state index is -3.70. The molecule has 0 saturated carbocycles. The Morgan fingerprint density at radius 2 is 1.76 bits per heavy atom. The van der Waals surface area contributed by atoms with E-state index in [1.54, 1.807) is 24.3 Å². The summed E-state index contributed by atoms with van der Waals surface area (Å²) in [7, 11) is -3.70. The monoisotopic (exact) mass is 378 g/mol. The first-order valence-corrected chi connectivity index (χ1v) is 9.93. The minimum absolute atomic E-state index is 0.246. The van der Waals surface area contributed by atoms with Gasteiger partial charge in [-0.3, -0.25) is 9.52 Å². The van der Waals surface area contributed by atoms with Crippen LogP contribution in [-0.4, -0.2) is 14.3 Å². The Balaban J connectivity index is 1.84. The van der Waals surface area contributed by atoms with E-state index in [4.69, 9.17) is 11.6 Å². The first kappa shape index (κ1) is 17.8. The zero-order valence-corrected chi connectivity index (χ0v) is 15.4. The molecule has 1 aliphatic carbocycles. The molecule has 0 aromatic heterocycles. The summed E-state index contributed by atoms with van der Waals surface area (Å²) >= 11 is 6.09. The summed E-state index contributed by atoms with van der Waals surface area (Å²) in [4.78, 5) is 11.3. The summed E-state index contributed by atoms with van der Waals surface area (Å²) in [5.41, 5.74) is 3.11. The molecule has 1 amide bonds. The predicted molar refractivity (Wildman–Crippen MR) is 99.6 cm³/mol. The van der Waals surface area contributed by atoms with Gasteiger partial charge in [-0.2, -0.15) is 0 Å². The van der Waals surface area contributed by atoms with Gasteiger partial charge < -0.3 is 5.32 Å². The molecule has 0 bridgehead atoms. The van der Waals surface area contributed by atoms with Crippen LogP contribution in [0.4, 0.5) is 11.4 Å². The number of hydrogen-bond donors (Lipinski definition) is 2. The van der Waals surface area contributed by atoms with E-state index in [0.717, 1.165) is 31.2 Å². The molecule has 0 unspecified atom stereocenters. The average Bonchev–Trinajstić information content (AvgIpc) is 2.56. The standard InChI is InChI=1S/C18H19ClN2O3S/c1-12(22)20-18-9-7-15(11-17(18)19)21-25(23,24)16-8-6-13-4-2-3-5-14(13)10-16/h6-11,21H,2-5H2,1H3,(H,20,22). The molecule has 25 heavy (non-hydrogen) atoms. The number of anilines is 2. The predicted octanol–water partition coefficient (Wildman–Crippen LogP) is 3.98. The fourth-order valence-corrected chi connectivity index (χ4v) is 4.29. The summed E-state index contributed by atoms with van der Waals surface area (Å²) in [5, 5.41) is 2.85. The number of sulfonamides is 1. The van der Waals surface area contributed by atoms with Crippen molar-refractivity contribution in [2.45, 2.75) is 37.5 Å². The summed E-state index contributed by atoms with van der Waals surface area (Å²) in [6, 6.07) is 9.89. The van der Waals surface area contributed by atoms with Crippen molar-refractivity contribution in [3.05, 3.63) is 52.5 Å². The van der Waals surface area contributed by atoms with Crippen molar-refractivity contribution >= 4 is 38.9 Å². The Labute approximate surface area is 152 Å². The lowest BCUT2D eigenvalue weighted by Gasteiger charge is -2.17. The van der Waals surface area contributed by atoms with Crippen LogP contribution in [0.5, 0.6) is 0 Å². The third-order valence-corrected chi connectivity index (χ3v) is 5.85. The maximum atomic E-state index is 12.6. The smallest absolute Gasteiger partial charge is 0.261 e. The number of benzene rings is 2. The molecule has 3 rings (SSSR count). The number of amides is 1. The molecule has 0 atom stereocenters. The van der Waals surface area contributed by atoms with Gasteiger partial charge in [-0.15, -0.1) is 0 Å². The largest absolute Gasteiger partial charge is 0.325 e. The van der Waals surface area contributed by atoms with Gasteiger partial charge >= 0.3 is 0 Å². The van der Waals surface area contributed by atoms with Gasteiger partial charge in [0.2, 0.25) is 5.91 Å². The van der Waals surface area contributed by atoms with Crippen LogP contribution in [-0.2, 0) is 27.7 Å². The van der Waals surface area contributed by atoms with Crippen LogP contribution in [0.1, 0.15) is 30.9 Å². The van der Waals surface area contributed by atoms with Crippen LogP contribution in [0.15, 0.2) is 41.3 Å². The van der Waals surface area contributed by atoms with E-state index in [1.807, 2.05) is 6.07 Å². The van der Waals surface area contributed by atoms with E-state index >= 15 is 0 Å². The van der Waals surface area contributed by atoms with Crippen LogP contribution >= 0.6 is 11.6 Å². The Morgan fingerprint density at radius 1 is 1.04 bits per heavy atom. The highest BCUT2D eigenvalue weighted by atomic mass is 35.5. The minimum Gasteiger partial charge on any atom is -0.325 e. The maximum Gasteiger partial charge on any atom is 0.261 e. The van der Waals surface area contributed by atoms with Crippen molar-refractivity contribution in [3.63, 3.8) is 0 Å². The van der Waals surface area contributed by atoms with Gasteiger partial charge in [0.1, 0.15) is 0 Å². The molecule has 7 heteroatoms. The quantitative estimate of drug-likeness (QED) is 0.844. The first-order valence-electron chi connectivity index (χ1n) is 8.07. The van der Waals surface area contributed by atoms with Gasteiger partial charge in [0.25, 0.3) is 10.0 Å². The Hall–Kier alpha value is -2.05. The maximum absolute atomic E-state index is 12.6. The van der Waals surface area contributed by atoms with E-state index in [2.05, 4.69) is 10.0 Å². The van der Waals surface area contributed by atoms with Gasteiger partial charge in [-0.25, -0.2) is 8.42 Å². The van der Waals surface area contributed by atoms with Gasteiger partial charge in [0, 0.05) is 6.92 Å². The van der Waals surface area contributed by atoms with Crippen molar-refractivity contribution in [2.75, 3.05) is 10.0 Å². The van der Waals surface area contributed by atoms with Gasteiger partial charge in [0.05, 0.1) is 21.3 Å². The third kappa shape index (κ3) is 4.14. The summed E-state index contributed by atoms with van der Waals surface area (Å²) in [6.07, 6.45) is 4.15. The first-order chi connectivity index (χ1) is 11.8. The number of nitrogens with one attached hydrogen (secondary N) is 2. The lowest BCUT2D eigenvalue weighted by atomic mass is 9.92. The second kappa shape index (κ2) is 7.06. The number of fused-ring (bicyclic) bond motifs is 1. The fraction of sp³-hybridized carbons (Fsp3) is 0.278. The highest BCUT2D eigenvalue weighted by Crippen LogP contribution is 2.28. The van der Waals surface area contributed by atoms with E-state index < -0.39 is 10.0 Å². The molecule has 132 valence electrons. The van der Waals surface area contributed by atoms with Crippen molar-refractivity contribution in [1.29, 1.82) is 0 Å². The van der Waals surface area contributed by atoms with E-state index in [0.29, 0.717) is 11.4 Å². The third-order valence-electron chi connectivity index (χ3n) is 4.16. The zero-order chi connectivity index (χ0) is 18.0. The van der Waals surface area contributed by atoms with Gasteiger partial charge in [-0.1, -0.05) is 17.7 Å². The molecule has 0 spiro atoms. The van der Waals surface area contributed by atoms with Crippen LogP contribution in [0.3, 0.4) is 0 Å². The highest BCUT2D eigenvalue weighted by Gasteiger charge is 2.18. The Morgan fingerprint density at radius 3 is 2.44 bits per heavy atom. The summed E-state index contributed by atoms with van der Waals surface area (Å²) in [5.74, 6) is -0.246.